The molecule has 1 amide bonds. The zero-order chi connectivity index (χ0) is 13.8. The fraction of sp³-hybridized carbons (Fsp3) is 0.300. The normalized spacial score (nSPS) is 11.4. The van der Waals surface area contributed by atoms with Crippen LogP contribution in [0.3, 0.4) is 0 Å². The van der Waals surface area contributed by atoms with Crippen LogP contribution < -0.4 is 16.2 Å². The van der Waals surface area contributed by atoms with E-state index in [-0.39, 0.29) is 29.3 Å². The highest BCUT2D eigenvalue weighted by Gasteiger charge is 2.17. The maximum Gasteiger partial charge on any atom is 0.248 e. The van der Waals surface area contributed by atoms with Crippen LogP contribution in [-0.2, 0) is 10.0 Å². The first-order valence-corrected chi connectivity index (χ1v) is 6.66. The monoisotopic (exact) mass is 273 g/mol. The molecule has 100 valence electrons. The fourth-order valence-corrected chi connectivity index (χ4v) is 2.49. The molecular weight excluding hydrogens is 258 g/mol. The Labute approximate surface area is 105 Å². The molecule has 0 heterocycles. The third-order valence-electron chi connectivity index (χ3n) is 2.21. The van der Waals surface area contributed by atoms with Gasteiger partial charge in [-0.3, -0.25) is 4.79 Å². The molecule has 0 radical (unpaired) electrons. The molecule has 7 nitrogen and oxygen atoms in total. The summed E-state index contributed by atoms with van der Waals surface area (Å²) in [6, 6.07) is 3.72. The average molecular weight is 273 g/mol. The Balaban J connectivity index is 2.99. The molecule has 0 atom stereocenters. The van der Waals surface area contributed by atoms with Crippen molar-refractivity contribution in [1.82, 2.24) is 4.72 Å². The van der Waals surface area contributed by atoms with Gasteiger partial charge in [-0.1, -0.05) is 0 Å². The summed E-state index contributed by atoms with van der Waals surface area (Å²) < 4.78 is 25.9. The second kappa shape index (κ2) is 5.80. The van der Waals surface area contributed by atoms with E-state index >= 15 is 0 Å². The largest absolute Gasteiger partial charge is 0.398 e. The average Bonchev–Trinajstić information content (AvgIpc) is 2.28. The molecule has 0 aliphatic carbocycles. The van der Waals surface area contributed by atoms with Crippen molar-refractivity contribution in [2.24, 2.45) is 5.73 Å². The van der Waals surface area contributed by atoms with E-state index in [0.29, 0.717) is 6.42 Å². The Morgan fingerprint density at radius 1 is 1.39 bits per heavy atom. The maximum atomic E-state index is 11.8. The van der Waals surface area contributed by atoms with E-state index in [1.165, 1.54) is 18.2 Å². The van der Waals surface area contributed by atoms with Crippen molar-refractivity contribution in [3.05, 3.63) is 23.8 Å². The summed E-state index contributed by atoms with van der Waals surface area (Å²) in [7, 11) is -3.74. The van der Waals surface area contributed by atoms with Gasteiger partial charge in [-0.2, -0.15) is 0 Å². The molecule has 1 aromatic carbocycles. The van der Waals surface area contributed by atoms with Crippen LogP contribution >= 0.6 is 0 Å². The lowest BCUT2D eigenvalue weighted by atomic mass is 10.2. The van der Waals surface area contributed by atoms with Crippen LogP contribution in [0.4, 0.5) is 5.69 Å². The van der Waals surface area contributed by atoms with Crippen molar-refractivity contribution in [3.8, 4) is 0 Å². The molecule has 0 unspecified atom stereocenters. The van der Waals surface area contributed by atoms with Gasteiger partial charge in [0.05, 0.1) is 5.69 Å². The van der Waals surface area contributed by atoms with E-state index in [0.717, 1.165) is 0 Å². The molecule has 1 rings (SSSR count). The number of nitrogens with one attached hydrogen (secondary N) is 1. The highest BCUT2D eigenvalue weighted by atomic mass is 32.2. The van der Waals surface area contributed by atoms with E-state index < -0.39 is 15.9 Å². The molecule has 0 saturated heterocycles. The number of amides is 1. The summed E-state index contributed by atoms with van der Waals surface area (Å²) in [4.78, 5) is 10.8. The number of hydrogen-bond acceptors (Lipinski definition) is 5. The second-order valence-electron chi connectivity index (χ2n) is 3.59. The van der Waals surface area contributed by atoms with E-state index in [4.69, 9.17) is 16.6 Å². The van der Waals surface area contributed by atoms with E-state index in [9.17, 15) is 13.2 Å². The van der Waals surface area contributed by atoms with Gasteiger partial charge in [0.1, 0.15) is 4.90 Å². The number of hydrogen-bond donors (Lipinski definition) is 4. The van der Waals surface area contributed by atoms with Crippen molar-refractivity contribution >= 4 is 21.6 Å². The van der Waals surface area contributed by atoms with Crippen LogP contribution in [0, 0.1) is 0 Å². The molecule has 1 aromatic rings. The summed E-state index contributed by atoms with van der Waals surface area (Å²) in [5, 5.41) is 8.57. The lowest BCUT2D eigenvalue weighted by Crippen LogP contribution is -2.26. The summed E-state index contributed by atoms with van der Waals surface area (Å²) in [6.45, 7) is -0.00550. The topological polar surface area (TPSA) is 136 Å². The van der Waals surface area contributed by atoms with Gasteiger partial charge in [-0.15, -0.1) is 0 Å². The number of carbonyl (C=O) groups is 1. The van der Waals surface area contributed by atoms with Gasteiger partial charge >= 0.3 is 0 Å². The first-order valence-electron chi connectivity index (χ1n) is 5.18. The number of nitrogen functional groups attached to an aromatic ring is 1. The fourth-order valence-electron chi connectivity index (χ4n) is 1.31. The van der Waals surface area contributed by atoms with Crippen LogP contribution in [0.25, 0.3) is 0 Å². The van der Waals surface area contributed by atoms with Crippen LogP contribution in [0.1, 0.15) is 16.8 Å². The predicted octanol–water partition coefficient (Wildman–Crippen LogP) is -0.972. The minimum Gasteiger partial charge on any atom is -0.398 e. The molecule has 8 heteroatoms. The number of nitrogens with two attached hydrogens (primary N) is 2. The molecule has 0 bridgehead atoms. The van der Waals surface area contributed by atoms with Gasteiger partial charge in [-0.05, 0) is 24.6 Å². The summed E-state index contributed by atoms with van der Waals surface area (Å²) >= 11 is 0. The summed E-state index contributed by atoms with van der Waals surface area (Å²) in [5.41, 5.74) is 10.7. The number of rotatable bonds is 6. The Kier molecular flexibility index (Phi) is 4.65. The number of aliphatic hydroxyl groups excluding tert-OH is 1. The molecular formula is C10H15N3O4S. The minimum absolute atomic E-state index is 0.0530. The first kappa shape index (κ1) is 14.4. The summed E-state index contributed by atoms with van der Waals surface area (Å²) in [6.07, 6.45) is 0.304. The number of aliphatic hydroxyl groups is 1. The van der Waals surface area contributed by atoms with Crippen LogP contribution in [0.15, 0.2) is 23.1 Å². The molecule has 0 fully saturated rings. The standard InChI is InChI=1S/C10H15N3O4S/c11-8-6-7(10(12)15)2-3-9(8)18(16,17)13-4-1-5-14/h2-3,6,13-14H,1,4-5,11H2,(H2,12,15). The Hall–Kier alpha value is -1.64. The van der Waals surface area contributed by atoms with Gasteiger partial charge in [0.25, 0.3) is 0 Å². The van der Waals surface area contributed by atoms with Crippen LogP contribution in [0.2, 0.25) is 0 Å². The lowest BCUT2D eigenvalue weighted by Gasteiger charge is -2.09. The van der Waals surface area contributed by atoms with Crippen molar-refractivity contribution in [2.45, 2.75) is 11.3 Å². The lowest BCUT2D eigenvalue weighted by molar-refractivity contribution is 0.1000. The quantitative estimate of drug-likeness (QED) is 0.390. The van der Waals surface area contributed by atoms with Crippen LogP contribution in [-0.4, -0.2) is 32.6 Å². The number of anilines is 1. The minimum atomic E-state index is -3.74. The van der Waals surface area contributed by atoms with Crippen molar-refractivity contribution < 1.29 is 18.3 Å². The molecule has 0 spiro atoms. The number of carbonyl (C=O) groups excluding carboxylic acids is 1. The number of sulfonamides is 1. The SMILES string of the molecule is NC(=O)c1ccc(S(=O)(=O)NCCCO)c(N)c1. The smallest absolute Gasteiger partial charge is 0.248 e. The van der Waals surface area contributed by atoms with E-state index in [1.54, 1.807) is 0 Å². The van der Waals surface area contributed by atoms with Crippen molar-refractivity contribution in [1.29, 1.82) is 0 Å². The maximum absolute atomic E-state index is 11.8. The third-order valence-corrected chi connectivity index (χ3v) is 3.75. The second-order valence-corrected chi connectivity index (χ2v) is 5.33. The van der Waals surface area contributed by atoms with E-state index in [2.05, 4.69) is 4.72 Å². The first-order chi connectivity index (χ1) is 8.38. The molecule has 0 saturated carbocycles. The zero-order valence-electron chi connectivity index (χ0n) is 9.59. The summed E-state index contributed by atoms with van der Waals surface area (Å²) in [5.74, 6) is -0.682. The number of benzene rings is 1. The predicted molar refractivity (Wildman–Crippen MR) is 66.3 cm³/mol. The molecule has 0 aromatic heterocycles. The van der Waals surface area contributed by atoms with Crippen LogP contribution in [0.5, 0.6) is 0 Å². The zero-order valence-corrected chi connectivity index (χ0v) is 10.4. The Morgan fingerprint density at radius 3 is 2.56 bits per heavy atom. The van der Waals surface area contributed by atoms with Gasteiger partial charge in [-0.25, -0.2) is 13.1 Å². The van der Waals surface area contributed by atoms with Crippen molar-refractivity contribution in [2.75, 3.05) is 18.9 Å². The third kappa shape index (κ3) is 3.42. The van der Waals surface area contributed by atoms with Gasteiger partial charge in [0, 0.05) is 18.7 Å². The molecule has 0 aliphatic rings. The van der Waals surface area contributed by atoms with E-state index in [1.807, 2.05) is 0 Å². The highest BCUT2D eigenvalue weighted by Crippen LogP contribution is 2.19. The molecule has 6 N–H and O–H groups in total. The Morgan fingerprint density at radius 2 is 2.06 bits per heavy atom. The van der Waals surface area contributed by atoms with Crippen molar-refractivity contribution in [3.63, 3.8) is 0 Å². The highest BCUT2D eigenvalue weighted by molar-refractivity contribution is 7.89. The van der Waals surface area contributed by atoms with Gasteiger partial charge < -0.3 is 16.6 Å². The molecule has 18 heavy (non-hydrogen) atoms. The molecule has 0 aliphatic heterocycles. The van der Waals surface area contributed by atoms with Gasteiger partial charge in [0.15, 0.2) is 0 Å². The number of primary amides is 1. The van der Waals surface area contributed by atoms with Gasteiger partial charge in [0.2, 0.25) is 15.9 Å². The Bertz CT molecular complexity index is 542.